The largest absolute Gasteiger partial charge is 0.491 e. The number of benzene rings is 1. The zero-order valence-electron chi connectivity index (χ0n) is 11.6. The van der Waals surface area contributed by atoms with Gasteiger partial charge in [-0.2, -0.15) is 0 Å². The Kier molecular flexibility index (Phi) is 7.30. The molecular formula is C14H20ClFO3S. The first-order valence-electron chi connectivity index (χ1n) is 6.82. The van der Waals surface area contributed by atoms with Crippen LogP contribution in [0.5, 0.6) is 5.75 Å². The molecule has 1 aromatic carbocycles. The average molecular weight is 323 g/mol. The van der Waals surface area contributed by atoms with Gasteiger partial charge < -0.3 is 4.74 Å². The van der Waals surface area contributed by atoms with Crippen LogP contribution in [0, 0.1) is 5.82 Å². The average Bonchev–Trinajstić information content (AvgIpc) is 2.38. The number of hydrogen-bond acceptors (Lipinski definition) is 3. The highest BCUT2D eigenvalue weighted by molar-refractivity contribution is 8.13. The second-order valence-electron chi connectivity index (χ2n) is 4.65. The predicted molar refractivity (Wildman–Crippen MR) is 78.3 cm³/mol. The minimum absolute atomic E-state index is 0.0580. The SMILES string of the molecule is CCCCCCCCOc1ccc(S(=O)(=O)Cl)cc1F. The maximum absolute atomic E-state index is 13.6. The molecule has 114 valence electrons. The molecule has 0 saturated heterocycles. The smallest absolute Gasteiger partial charge is 0.261 e. The van der Waals surface area contributed by atoms with E-state index < -0.39 is 14.9 Å². The fourth-order valence-corrected chi connectivity index (χ4v) is 2.58. The number of ether oxygens (including phenoxy) is 1. The lowest BCUT2D eigenvalue weighted by molar-refractivity contribution is 0.289. The van der Waals surface area contributed by atoms with Gasteiger partial charge in [0.1, 0.15) is 0 Å². The molecule has 0 heterocycles. The molecule has 0 aliphatic heterocycles. The van der Waals surface area contributed by atoms with Crippen LogP contribution < -0.4 is 4.74 Å². The van der Waals surface area contributed by atoms with Crippen molar-refractivity contribution in [1.29, 1.82) is 0 Å². The van der Waals surface area contributed by atoms with Crippen molar-refractivity contribution in [2.75, 3.05) is 6.61 Å². The molecule has 0 amide bonds. The summed E-state index contributed by atoms with van der Waals surface area (Å²) in [4.78, 5) is -0.261. The third kappa shape index (κ3) is 6.09. The molecule has 0 radical (unpaired) electrons. The highest BCUT2D eigenvalue weighted by Gasteiger charge is 2.13. The number of halogens is 2. The predicted octanol–water partition coefficient (Wildman–Crippen LogP) is 4.49. The fourth-order valence-electron chi connectivity index (χ4n) is 1.81. The highest BCUT2D eigenvalue weighted by atomic mass is 35.7. The first-order chi connectivity index (χ1) is 9.45. The van der Waals surface area contributed by atoms with Gasteiger partial charge in [0.2, 0.25) is 0 Å². The van der Waals surface area contributed by atoms with Crippen molar-refractivity contribution in [2.45, 2.75) is 50.3 Å². The normalized spacial score (nSPS) is 11.6. The van der Waals surface area contributed by atoms with E-state index in [-0.39, 0.29) is 10.6 Å². The summed E-state index contributed by atoms with van der Waals surface area (Å²) in [6, 6.07) is 3.41. The number of hydrogen-bond donors (Lipinski definition) is 0. The summed E-state index contributed by atoms with van der Waals surface area (Å²) >= 11 is 0. The van der Waals surface area contributed by atoms with E-state index in [0.29, 0.717) is 6.61 Å². The van der Waals surface area contributed by atoms with Crippen molar-refractivity contribution in [3.8, 4) is 5.75 Å². The van der Waals surface area contributed by atoms with Crippen LogP contribution in [0.4, 0.5) is 4.39 Å². The summed E-state index contributed by atoms with van der Waals surface area (Å²) < 4.78 is 41.0. The Labute approximate surface area is 124 Å². The fraction of sp³-hybridized carbons (Fsp3) is 0.571. The highest BCUT2D eigenvalue weighted by Crippen LogP contribution is 2.23. The molecule has 20 heavy (non-hydrogen) atoms. The Morgan fingerprint density at radius 3 is 2.40 bits per heavy atom. The summed E-state index contributed by atoms with van der Waals surface area (Å²) in [6.45, 7) is 2.59. The Balaban J connectivity index is 2.38. The molecular weight excluding hydrogens is 303 g/mol. The van der Waals surface area contributed by atoms with E-state index in [1.165, 1.54) is 31.4 Å². The molecule has 0 saturated carbocycles. The van der Waals surface area contributed by atoms with Crippen LogP contribution in [0.1, 0.15) is 45.4 Å². The van der Waals surface area contributed by atoms with E-state index >= 15 is 0 Å². The van der Waals surface area contributed by atoms with Crippen LogP contribution in [-0.2, 0) is 9.05 Å². The van der Waals surface area contributed by atoms with Gasteiger partial charge in [0.25, 0.3) is 9.05 Å². The van der Waals surface area contributed by atoms with Crippen molar-refractivity contribution in [3.63, 3.8) is 0 Å². The Morgan fingerprint density at radius 1 is 1.15 bits per heavy atom. The van der Waals surface area contributed by atoms with E-state index in [4.69, 9.17) is 15.4 Å². The monoisotopic (exact) mass is 322 g/mol. The molecule has 1 rings (SSSR count). The quantitative estimate of drug-likeness (QED) is 0.497. The third-order valence-electron chi connectivity index (χ3n) is 2.94. The molecule has 3 nitrogen and oxygen atoms in total. The molecule has 0 aliphatic carbocycles. The molecule has 0 spiro atoms. The van der Waals surface area contributed by atoms with Gasteiger partial charge in [-0.05, 0) is 24.6 Å². The standard InChI is InChI=1S/C14H20ClFO3S/c1-2-3-4-5-6-7-10-19-14-9-8-12(11-13(14)16)20(15,17)18/h8-9,11H,2-7,10H2,1H3. The second kappa shape index (κ2) is 8.47. The van der Waals surface area contributed by atoms with Crippen LogP contribution in [0.15, 0.2) is 23.1 Å². The lowest BCUT2D eigenvalue weighted by Gasteiger charge is -2.08. The first kappa shape index (κ1) is 17.2. The van der Waals surface area contributed by atoms with Crippen molar-refractivity contribution in [3.05, 3.63) is 24.0 Å². The van der Waals surface area contributed by atoms with Gasteiger partial charge in [-0.15, -0.1) is 0 Å². The zero-order valence-corrected chi connectivity index (χ0v) is 13.1. The van der Waals surface area contributed by atoms with Crippen molar-refractivity contribution in [2.24, 2.45) is 0 Å². The van der Waals surface area contributed by atoms with Crippen LogP contribution in [0.25, 0.3) is 0 Å². The molecule has 0 aromatic heterocycles. The van der Waals surface area contributed by atoms with Gasteiger partial charge in [0, 0.05) is 10.7 Å². The summed E-state index contributed by atoms with van der Waals surface area (Å²) in [5.41, 5.74) is 0. The van der Waals surface area contributed by atoms with Gasteiger partial charge in [-0.25, -0.2) is 12.8 Å². The molecule has 0 unspecified atom stereocenters. The van der Waals surface area contributed by atoms with E-state index in [2.05, 4.69) is 6.92 Å². The molecule has 0 fully saturated rings. The number of rotatable bonds is 9. The molecule has 6 heteroatoms. The van der Waals surface area contributed by atoms with Crippen LogP contribution >= 0.6 is 10.7 Å². The van der Waals surface area contributed by atoms with Gasteiger partial charge in [0.15, 0.2) is 11.6 Å². The second-order valence-corrected chi connectivity index (χ2v) is 7.21. The van der Waals surface area contributed by atoms with Crippen LogP contribution in [-0.4, -0.2) is 15.0 Å². The summed E-state index contributed by atoms with van der Waals surface area (Å²) in [6.07, 6.45) is 6.73. The van der Waals surface area contributed by atoms with Gasteiger partial charge in [-0.3, -0.25) is 0 Å². The summed E-state index contributed by atoms with van der Waals surface area (Å²) in [5.74, 6) is -0.652. The minimum Gasteiger partial charge on any atom is -0.491 e. The molecule has 0 N–H and O–H groups in total. The van der Waals surface area contributed by atoms with E-state index in [9.17, 15) is 12.8 Å². The lowest BCUT2D eigenvalue weighted by atomic mass is 10.1. The number of unbranched alkanes of at least 4 members (excludes halogenated alkanes) is 5. The third-order valence-corrected chi connectivity index (χ3v) is 4.29. The Hall–Kier alpha value is -0.810. The van der Waals surface area contributed by atoms with Gasteiger partial charge >= 0.3 is 0 Å². The van der Waals surface area contributed by atoms with Crippen molar-refractivity contribution < 1.29 is 17.5 Å². The molecule has 0 bridgehead atoms. The van der Waals surface area contributed by atoms with Gasteiger partial charge in [-0.1, -0.05) is 39.0 Å². The maximum Gasteiger partial charge on any atom is 0.261 e. The van der Waals surface area contributed by atoms with E-state index in [1.807, 2.05) is 0 Å². The first-order valence-corrected chi connectivity index (χ1v) is 9.13. The molecule has 1 aromatic rings. The maximum atomic E-state index is 13.6. The Morgan fingerprint density at radius 2 is 1.80 bits per heavy atom. The van der Waals surface area contributed by atoms with Crippen molar-refractivity contribution >= 4 is 19.7 Å². The van der Waals surface area contributed by atoms with Crippen LogP contribution in [0.2, 0.25) is 0 Å². The minimum atomic E-state index is -3.90. The van der Waals surface area contributed by atoms with Crippen molar-refractivity contribution in [1.82, 2.24) is 0 Å². The lowest BCUT2D eigenvalue weighted by Crippen LogP contribution is -2.00. The summed E-state index contributed by atoms with van der Waals surface area (Å²) in [7, 11) is 1.23. The topological polar surface area (TPSA) is 43.4 Å². The van der Waals surface area contributed by atoms with E-state index in [0.717, 1.165) is 25.3 Å². The molecule has 0 atom stereocenters. The van der Waals surface area contributed by atoms with E-state index in [1.54, 1.807) is 0 Å². The van der Waals surface area contributed by atoms with Gasteiger partial charge in [0.05, 0.1) is 11.5 Å². The van der Waals surface area contributed by atoms with Crippen LogP contribution in [0.3, 0.4) is 0 Å². The Bertz CT molecular complexity index is 517. The summed E-state index contributed by atoms with van der Waals surface area (Å²) in [5, 5.41) is 0. The zero-order chi connectivity index (χ0) is 15.0. The molecule has 0 aliphatic rings.